The van der Waals surface area contributed by atoms with Crippen LogP contribution in [-0.4, -0.2) is 19.0 Å². The van der Waals surface area contributed by atoms with Crippen LogP contribution in [0.4, 0.5) is 0 Å². The van der Waals surface area contributed by atoms with Crippen molar-refractivity contribution in [1.29, 1.82) is 0 Å². The SMILES string of the molecule is CC(C)(C)O[Si](C)(C)O.[Cl][Zr]([Cl])[Cl]. The van der Waals surface area contributed by atoms with Crippen molar-refractivity contribution in [1.82, 2.24) is 0 Å². The third kappa shape index (κ3) is 31.5. The van der Waals surface area contributed by atoms with Crippen molar-refractivity contribution in [2.75, 3.05) is 0 Å². The fourth-order valence-electron chi connectivity index (χ4n) is 0.749. The summed E-state index contributed by atoms with van der Waals surface area (Å²) in [7, 11) is 12.7. The molecule has 0 aliphatic heterocycles. The molecule has 0 saturated heterocycles. The van der Waals surface area contributed by atoms with E-state index in [1.165, 1.54) is 0 Å². The summed E-state index contributed by atoms with van der Waals surface area (Å²) in [5.41, 5.74) is -0.204. The normalized spacial score (nSPS) is 11.8. The molecule has 0 unspecified atom stereocenters. The second-order valence-electron chi connectivity index (χ2n) is 3.88. The summed E-state index contributed by atoms with van der Waals surface area (Å²) >= 11 is -2.13. The molecule has 0 atom stereocenters. The first-order chi connectivity index (χ1) is 5.44. The summed E-state index contributed by atoms with van der Waals surface area (Å²) in [4.78, 5) is 9.27. The fourth-order valence-corrected chi connectivity index (χ4v) is 2.25. The van der Waals surface area contributed by atoms with Crippen molar-refractivity contribution in [3.63, 3.8) is 0 Å². The molecule has 0 aliphatic rings. The van der Waals surface area contributed by atoms with Crippen molar-refractivity contribution in [2.24, 2.45) is 0 Å². The molecule has 2 nitrogen and oxygen atoms in total. The Balaban J connectivity index is 0. The predicted octanol–water partition coefficient (Wildman–Crippen LogP) is 3.56. The average Bonchev–Trinajstić information content (AvgIpc) is 1.47. The molecular formula is C6H16Cl3O2SiZr. The van der Waals surface area contributed by atoms with E-state index in [2.05, 4.69) is 0 Å². The van der Waals surface area contributed by atoms with Gasteiger partial charge in [0.1, 0.15) is 0 Å². The Hall–Kier alpha value is 1.89. The topological polar surface area (TPSA) is 29.5 Å². The van der Waals surface area contributed by atoms with Gasteiger partial charge in [-0.15, -0.1) is 0 Å². The molecule has 0 amide bonds. The zero-order valence-corrected chi connectivity index (χ0v) is 14.2. The van der Waals surface area contributed by atoms with Crippen LogP contribution in [0.15, 0.2) is 0 Å². The standard InChI is InChI=1S/C6H16O2Si.3ClH.Zr/c1-6(2,3)8-9(4,5)7;;;;/h7H,1-5H3;3*1H;/q;;;;+3/p-3. The molecule has 0 heterocycles. The van der Waals surface area contributed by atoms with Gasteiger partial charge >= 0.3 is 52.3 Å². The molecule has 0 aromatic carbocycles. The summed E-state index contributed by atoms with van der Waals surface area (Å²) < 4.78 is 5.32. The summed E-state index contributed by atoms with van der Waals surface area (Å²) in [6.07, 6.45) is 0. The number of hydrogen-bond acceptors (Lipinski definition) is 2. The summed E-state index contributed by atoms with van der Waals surface area (Å²) in [6.45, 7) is 9.35. The molecule has 0 aromatic heterocycles. The molecule has 0 rings (SSSR count). The molecule has 1 N–H and O–H groups in total. The van der Waals surface area contributed by atoms with Gasteiger partial charge in [0.2, 0.25) is 0 Å². The fraction of sp³-hybridized carbons (Fsp3) is 1.00. The van der Waals surface area contributed by atoms with Crippen molar-refractivity contribution in [3.8, 4) is 0 Å². The zero-order chi connectivity index (χ0) is 11.3. The van der Waals surface area contributed by atoms with Crippen LogP contribution in [0.5, 0.6) is 0 Å². The Morgan fingerprint density at radius 3 is 1.38 bits per heavy atom. The quantitative estimate of drug-likeness (QED) is 0.736. The Bertz CT molecular complexity index is 118. The van der Waals surface area contributed by atoms with Crippen LogP contribution in [0.3, 0.4) is 0 Å². The van der Waals surface area contributed by atoms with E-state index in [9.17, 15) is 4.80 Å². The van der Waals surface area contributed by atoms with Gasteiger partial charge in [0, 0.05) is 0 Å². The summed E-state index contributed by atoms with van der Waals surface area (Å²) in [6, 6.07) is 0. The van der Waals surface area contributed by atoms with Crippen LogP contribution in [0.2, 0.25) is 13.1 Å². The maximum absolute atomic E-state index is 9.27. The molecule has 0 spiro atoms. The Kier molecular flexibility index (Phi) is 9.59. The van der Waals surface area contributed by atoms with E-state index in [1.54, 1.807) is 13.1 Å². The molecule has 0 aromatic rings. The van der Waals surface area contributed by atoms with Gasteiger partial charge in [-0.3, -0.25) is 0 Å². The summed E-state index contributed by atoms with van der Waals surface area (Å²) in [5.74, 6) is 0. The summed E-state index contributed by atoms with van der Waals surface area (Å²) in [5, 5.41) is 0. The van der Waals surface area contributed by atoms with Gasteiger partial charge in [-0.05, 0) is 33.9 Å². The van der Waals surface area contributed by atoms with Crippen LogP contribution in [0.25, 0.3) is 0 Å². The number of hydrogen-bond donors (Lipinski definition) is 1. The Morgan fingerprint density at radius 2 is 1.38 bits per heavy atom. The molecule has 81 valence electrons. The van der Waals surface area contributed by atoms with Crippen molar-refractivity contribution >= 4 is 34.1 Å². The first-order valence-electron chi connectivity index (χ1n) is 3.70. The van der Waals surface area contributed by atoms with E-state index in [0.29, 0.717) is 0 Å². The first-order valence-corrected chi connectivity index (χ1v) is 16.0. The first kappa shape index (κ1) is 17.3. The van der Waals surface area contributed by atoms with Gasteiger partial charge in [-0.25, -0.2) is 0 Å². The second-order valence-corrected chi connectivity index (χ2v) is 18.2. The number of halogens is 3. The molecule has 13 heavy (non-hydrogen) atoms. The van der Waals surface area contributed by atoms with E-state index >= 15 is 0 Å². The molecule has 0 aliphatic carbocycles. The van der Waals surface area contributed by atoms with E-state index < -0.39 is 26.7 Å². The van der Waals surface area contributed by atoms with Crippen LogP contribution >= 0.6 is 25.5 Å². The van der Waals surface area contributed by atoms with Gasteiger partial charge < -0.3 is 9.22 Å². The van der Waals surface area contributed by atoms with Gasteiger partial charge in [-0.2, -0.15) is 0 Å². The van der Waals surface area contributed by atoms with Crippen molar-refractivity contribution in [2.45, 2.75) is 39.5 Å². The Morgan fingerprint density at radius 1 is 1.15 bits per heavy atom. The van der Waals surface area contributed by atoms with E-state index in [1.807, 2.05) is 20.8 Å². The second kappa shape index (κ2) is 7.21. The van der Waals surface area contributed by atoms with Crippen molar-refractivity contribution in [3.05, 3.63) is 0 Å². The minimum atomic E-state index is -2.29. The van der Waals surface area contributed by atoms with Crippen LogP contribution in [-0.2, 0) is 22.6 Å². The molecule has 0 radical (unpaired) electrons. The molecular weight excluding hydrogens is 330 g/mol. The predicted molar refractivity (Wildman–Crippen MR) is 58.1 cm³/mol. The zero-order valence-electron chi connectivity index (χ0n) is 8.49. The van der Waals surface area contributed by atoms with Gasteiger partial charge in [0.05, 0.1) is 5.60 Å². The van der Waals surface area contributed by atoms with E-state index in [4.69, 9.17) is 30.0 Å². The van der Waals surface area contributed by atoms with Gasteiger partial charge in [-0.1, -0.05) is 0 Å². The van der Waals surface area contributed by atoms with E-state index in [0.717, 1.165) is 0 Å². The van der Waals surface area contributed by atoms with Crippen LogP contribution in [0.1, 0.15) is 20.8 Å². The van der Waals surface area contributed by atoms with Gasteiger partial charge in [0.25, 0.3) is 0 Å². The third-order valence-electron chi connectivity index (χ3n) is 0.556. The molecule has 7 heteroatoms. The van der Waals surface area contributed by atoms with Crippen LogP contribution < -0.4 is 0 Å². The Labute approximate surface area is 100 Å². The van der Waals surface area contributed by atoms with Crippen molar-refractivity contribution < 1.29 is 27.4 Å². The average molecular weight is 346 g/mol. The third-order valence-corrected chi connectivity index (χ3v) is 1.67. The molecule has 0 fully saturated rings. The monoisotopic (exact) mass is 343 g/mol. The molecule has 0 saturated carbocycles. The molecule has 0 bridgehead atoms. The van der Waals surface area contributed by atoms with E-state index in [-0.39, 0.29) is 5.60 Å². The minimum absolute atomic E-state index is 0.204. The number of rotatable bonds is 1. The van der Waals surface area contributed by atoms with Gasteiger partial charge in [0.15, 0.2) is 0 Å². The van der Waals surface area contributed by atoms with Crippen LogP contribution in [0, 0.1) is 0 Å². The maximum atomic E-state index is 9.27.